The molecule has 36 heavy (non-hydrogen) atoms. The van der Waals surface area contributed by atoms with Crippen molar-refractivity contribution in [2.75, 3.05) is 11.9 Å². The van der Waals surface area contributed by atoms with E-state index in [-0.39, 0.29) is 6.03 Å². The van der Waals surface area contributed by atoms with Crippen LogP contribution in [0.15, 0.2) is 67.1 Å². The molecule has 1 aromatic carbocycles. The Morgan fingerprint density at radius 1 is 1.08 bits per heavy atom. The van der Waals surface area contributed by atoms with Crippen LogP contribution < -0.4 is 4.90 Å². The van der Waals surface area contributed by atoms with E-state index in [2.05, 4.69) is 21.0 Å². The number of nitrogens with zero attached hydrogens (tertiary/aromatic N) is 6. The average molecular weight is 474 g/mol. The second-order valence-corrected chi connectivity index (χ2v) is 9.56. The van der Waals surface area contributed by atoms with Crippen molar-refractivity contribution < 1.29 is 4.79 Å². The lowest BCUT2D eigenvalue weighted by Gasteiger charge is -2.35. The van der Waals surface area contributed by atoms with Crippen molar-refractivity contribution in [3.8, 4) is 17.3 Å². The molecule has 0 atom stereocenters. The lowest BCUT2D eigenvalue weighted by atomic mass is 9.86. The van der Waals surface area contributed by atoms with E-state index in [1.165, 1.54) is 0 Å². The molecule has 0 radical (unpaired) electrons. The van der Waals surface area contributed by atoms with Gasteiger partial charge in [0.25, 0.3) is 0 Å². The zero-order valence-electron chi connectivity index (χ0n) is 20.1. The number of carbonyl (C=O) groups excluding carboxylic acids is 1. The molecular formula is C28H23N7O. The van der Waals surface area contributed by atoms with Gasteiger partial charge in [0, 0.05) is 42.2 Å². The molecule has 1 aliphatic heterocycles. The Morgan fingerprint density at radius 3 is 2.67 bits per heavy atom. The number of pyridine rings is 3. The van der Waals surface area contributed by atoms with E-state index in [0.717, 1.165) is 39.1 Å². The molecule has 0 spiro atoms. The molecule has 1 aliphatic rings. The normalized spacial score (nSPS) is 13.8. The van der Waals surface area contributed by atoms with Crippen LogP contribution in [0.5, 0.6) is 0 Å². The van der Waals surface area contributed by atoms with E-state index in [4.69, 9.17) is 4.98 Å². The highest BCUT2D eigenvalue weighted by atomic mass is 16.2. The molecule has 6 rings (SSSR count). The van der Waals surface area contributed by atoms with Gasteiger partial charge in [0.15, 0.2) is 0 Å². The minimum atomic E-state index is -0.625. The Morgan fingerprint density at radius 2 is 1.89 bits per heavy atom. The van der Waals surface area contributed by atoms with Gasteiger partial charge in [-0.05, 0) is 55.8 Å². The summed E-state index contributed by atoms with van der Waals surface area (Å²) < 4.78 is 0. The molecule has 176 valence electrons. The van der Waals surface area contributed by atoms with E-state index in [9.17, 15) is 10.1 Å². The van der Waals surface area contributed by atoms with Crippen molar-refractivity contribution in [3.63, 3.8) is 0 Å². The quantitative estimate of drug-likeness (QED) is 0.363. The van der Waals surface area contributed by atoms with Gasteiger partial charge in [-0.1, -0.05) is 12.1 Å². The molecule has 8 heteroatoms. The van der Waals surface area contributed by atoms with Gasteiger partial charge in [-0.25, -0.2) is 14.8 Å². The molecular weight excluding hydrogens is 450 g/mol. The maximum absolute atomic E-state index is 13.5. The van der Waals surface area contributed by atoms with E-state index < -0.39 is 5.41 Å². The number of fused-ring (bicyclic) bond motifs is 4. The van der Waals surface area contributed by atoms with Gasteiger partial charge >= 0.3 is 6.03 Å². The third-order valence-electron chi connectivity index (χ3n) is 6.76. The van der Waals surface area contributed by atoms with Gasteiger partial charge in [0.05, 0.1) is 40.6 Å². The second-order valence-electron chi connectivity index (χ2n) is 9.56. The van der Waals surface area contributed by atoms with Crippen LogP contribution in [0.25, 0.3) is 33.3 Å². The topological polar surface area (TPSA) is 102 Å². The van der Waals surface area contributed by atoms with Gasteiger partial charge < -0.3 is 9.88 Å². The van der Waals surface area contributed by atoms with Gasteiger partial charge in [0.1, 0.15) is 11.2 Å². The minimum absolute atomic E-state index is 0.147. The first-order valence-electron chi connectivity index (χ1n) is 11.7. The second kappa shape index (κ2) is 7.89. The summed E-state index contributed by atoms with van der Waals surface area (Å²) in [6.07, 6.45) is 5.47. The van der Waals surface area contributed by atoms with Crippen molar-refractivity contribution >= 4 is 39.5 Å². The number of amides is 2. The van der Waals surface area contributed by atoms with Crippen LogP contribution in [0.1, 0.15) is 25.0 Å². The smallest absolute Gasteiger partial charge is 0.329 e. The number of nitriles is 1. The number of rotatable bonds is 3. The van der Waals surface area contributed by atoms with Crippen LogP contribution in [0, 0.1) is 11.3 Å². The Hall–Kier alpha value is -4.77. The summed E-state index contributed by atoms with van der Waals surface area (Å²) in [5.74, 6) is 0. The summed E-state index contributed by atoms with van der Waals surface area (Å²) in [7, 11) is 1.78. The van der Waals surface area contributed by atoms with Crippen molar-refractivity contribution in [2.45, 2.75) is 25.8 Å². The SMILES string of the molecule is CN1Cc2cnc3ccc(-c4c[nH]c5ncccc45)nc3c2N(c2ccc(C(C)(C)C#N)cc2)C1=O. The number of aromatic nitrogens is 4. The van der Waals surface area contributed by atoms with E-state index >= 15 is 0 Å². The number of H-pyrrole nitrogens is 1. The summed E-state index contributed by atoms with van der Waals surface area (Å²) in [5.41, 5.74) is 6.49. The number of hydrogen-bond acceptors (Lipinski definition) is 5. The number of urea groups is 1. The average Bonchev–Trinajstić information content (AvgIpc) is 3.33. The Kier molecular flexibility index (Phi) is 4.76. The van der Waals surface area contributed by atoms with Crippen LogP contribution in [-0.2, 0) is 12.0 Å². The number of carbonyl (C=O) groups is 1. The lowest BCUT2D eigenvalue weighted by Crippen LogP contribution is -2.42. The molecule has 1 N–H and O–H groups in total. The van der Waals surface area contributed by atoms with Gasteiger partial charge in [-0.3, -0.25) is 9.88 Å². The maximum atomic E-state index is 13.5. The molecule has 5 heterocycles. The standard InChI is InChI=1S/C28H23N7O/c1-28(2,16-29)18-6-8-19(9-7-18)35-25-17(15-34(3)27(35)36)13-31-23-11-10-22(33-24(23)25)21-14-32-26-20(21)5-4-12-30-26/h4-14H,15H2,1-3H3,(H,30,32). The maximum Gasteiger partial charge on any atom is 0.329 e. The summed E-state index contributed by atoms with van der Waals surface area (Å²) in [4.78, 5) is 34.1. The predicted octanol–water partition coefficient (Wildman–Crippen LogP) is 5.68. The molecule has 0 fully saturated rings. The third-order valence-corrected chi connectivity index (χ3v) is 6.76. The number of hydrogen-bond donors (Lipinski definition) is 1. The van der Waals surface area contributed by atoms with Crippen molar-refractivity contribution in [1.29, 1.82) is 5.26 Å². The summed E-state index contributed by atoms with van der Waals surface area (Å²) in [6, 6.07) is 17.5. The number of benzene rings is 1. The van der Waals surface area contributed by atoms with Crippen LogP contribution >= 0.6 is 0 Å². The Bertz CT molecular complexity index is 1700. The van der Waals surface area contributed by atoms with E-state index in [1.54, 1.807) is 23.0 Å². The molecule has 2 amide bonds. The summed E-state index contributed by atoms with van der Waals surface area (Å²) >= 11 is 0. The van der Waals surface area contributed by atoms with Crippen molar-refractivity contribution in [2.24, 2.45) is 0 Å². The zero-order chi connectivity index (χ0) is 25.0. The number of anilines is 2. The fourth-order valence-electron chi connectivity index (χ4n) is 4.69. The Balaban J connectivity index is 1.55. The highest BCUT2D eigenvalue weighted by Crippen LogP contribution is 2.40. The fraction of sp³-hybridized carbons (Fsp3) is 0.179. The number of nitrogens with one attached hydrogen (secondary N) is 1. The summed E-state index contributed by atoms with van der Waals surface area (Å²) in [5, 5.41) is 10.5. The van der Waals surface area contributed by atoms with Crippen LogP contribution in [-0.4, -0.2) is 37.9 Å². The highest BCUT2D eigenvalue weighted by molar-refractivity contribution is 6.08. The van der Waals surface area contributed by atoms with Crippen molar-refractivity contribution in [3.05, 3.63) is 78.2 Å². The molecule has 4 aromatic heterocycles. The highest BCUT2D eigenvalue weighted by Gasteiger charge is 2.32. The summed E-state index contributed by atoms with van der Waals surface area (Å²) in [6.45, 7) is 4.19. The minimum Gasteiger partial charge on any atom is -0.345 e. The first kappa shape index (κ1) is 21.7. The predicted molar refractivity (Wildman–Crippen MR) is 139 cm³/mol. The molecule has 8 nitrogen and oxygen atoms in total. The van der Waals surface area contributed by atoms with Gasteiger partial charge in [0.2, 0.25) is 0 Å². The monoisotopic (exact) mass is 473 g/mol. The first-order chi connectivity index (χ1) is 17.4. The molecule has 0 saturated heterocycles. The first-order valence-corrected chi connectivity index (χ1v) is 11.7. The molecule has 0 saturated carbocycles. The largest absolute Gasteiger partial charge is 0.345 e. The van der Waals surface area contributed by atoms with Gasteiger partial charge in [-0.15, -0.1) is 0 Å². The van der Waals surface area contributed by atoms with Gasteiger partial charge in [-0.2, -0.15) is 5.26 Å². The lowest BCUT2D eigenvalue weighted by molar-refractivity contribution is 0.213. The zero-order valence-corrected chi connectivity index (χ0v) is 20.1. The number of aromatic amines is 1. The molecule has 0 aliphatic carbocycles. The third kappa shape index (κ3) is 3.28. The fourth-order valence-corrected chi connectivity index (χ4v) is 4.69. The molecule has 5 aromatic rings. The van der Waals surface area contributed by atoms with E-state index in [1.807, 2.05) is 74.8 Å². The Labute approximate surface area is 207 Å². The van der Waals surface area contributed by atoms with Crippen molar-refractivity contribution in [1.82, 2.24) is 24.8 Å². The van der Waals surface area contributed by atoms with Crippen LogP contribution in [0.2, 0.25) is 0 Å². The van der Waals surface area contributed by atoms with Crippen LogP contribution in [0.4, 0.5) is 16.2 Å². The van der Waals surface area contributed by atoms with Crippen LogP contribution in [0.3, 0.4) is 0 Å². The molecule has 0 bridgehead atoms. The molecule has 0 unspecified atom stereocenters. The van der Waals surface area contributed by atoms with E-state index in [0.29, 0.717) is 23.3 Å².